The lowest BCUT2D eigenvalue weighted by molar-refractivity contribution is -0.119. The van der Waals surface area contributed by atoms with Crippen LogP contribution < -0.4 is 22.3 Å². The molecule has 3 N–H and O–H groups in total. The molecule has 0 bridgehead atoms. The molecule has 0 radical (unpaired) electrons. The molecule has 8 nitrogen and oxygen atoms in total. The molecule has 178 valence electrons. The van der Waals surface area contributed by atoms with E-state index in [1.54, 1.807) is 61.6 Å². The van der Waals surface area contributed by atoms with Crippen LogP contribution in [0.1, 0.15) is 15.9 Å². The van der Waals surface area contributed by atoms with Crippen molar-refractivity contribution in [1.82, 2.24) is 14.5 Å². The Kier molecular flexibility index (Phi) is 6.77. The minimum atomic E-state index is -1.04. The number of benzene rings is 3. The van der Waals surface area contributed by atoms with Crippen molar-refractivity contribution in [3.8, 4) is 5.69 Å². The number of rotatable bonds is 6. The molecule has 3 aromatic carbocycles. The third-order valence-corrected chi connectivity index (χ3v) is 6.28. The number of aryl methyl sites for hydroxylation is 1. The molecule has 0 aliphatic carbocycles. The number of carbonyl (C=O) groups is 2. The first-order valence-electron chi connectivity index (χ1n) is 10.5. The van der Waals surface area contributed by atoms with Crippen LogP contribution in [0, 0.1) is 0 Å². The van der Waals surface area contributed by atoms with Gasteiger partial charge in [0.05, 0.1) is 32.2 Å². The molecule has 2 amide bonds. The highest BCUT2D eigenvalue weighted by Crippen LogP contribution is 2.24. The second kappa shape index (κ2) is 9.77. The first kappa shape index (κ1) is 24.3. The van der Waals surface area contributed by atoms with E-state index in [-0.39, 0.29) is 22.0 Å². The fourth-order valence-electron chi connectivity index (χ4n) is 3.82. The number of primary amides is 1. The number of para-hydroxylation sites is 1. The molecule has 0 fully saturated rings. The third kappa shape index (κ3) is 4.71. The predicted molar refractivity (Wildman–Crippen MR) is 135 cm³/mol. The normalized spacial score (nSPS) is 11.9. The van der Waals surface area contributed by atoms with Gasteiger partial charge in [0, 0.05) is 13.5 Å². The molecule has 1 atom stereocenters. The first-order valence-corrected chi connectivity index (χ1v) is 11.3. The van der Waals surface area contributed by atoms with Crippen LogP contribution in [0.3, 0.4) is 0 Å². The highest BCUT2D eigenvalue weighted by Gasteiger charge is 2.22. The van der Waals surface area contributed by atoms with Crippen LogP contribution in [0.15, 0.2) is 76.3 Å². The quantitative estimate of drug-likeness (QED) is 0.414. The van der Waals surface area contributed by atoms with Gasteiger partial charge in [0.25, 0.3) is 11.5 Å². The topological polar surface area (TPSA) is 116 Å². The van der Waals surface area contributed by atoms with Crippen LogP contribution in [-0.2, 0) is 18.3 Å². The van der Waals surface area contributed by atoms with E-state index < -0.39 is 29.1 Å². The Balaban J connectivity index is 1.61. The maximum atomic E-state index is 13.0. The fraction of sp³-hybridized carbons (Fsp3) is 0.120. The van der Waals surface area contributed by atoms with Gasteiger partial charge < -0.3 is 11.1 Å². The Bertz CT molecular complexity index is 1560. The van der Waals surface area contributed by atoms with Crippen molar-refractivity contribution in [3.63, 3.8) is 0 Å². The molecule has 35 heavy (non-hydrogen) atoms. The lowest BCUT2D eigenvalue weighted by Gasteiger charge is -2.17. The molecule has 10 heteroatoms. The minimum absolute atomic E-state index is 0.0453. The second-order valence-electron chi connectivity index (χ2n) is 7.89. The number of carbonyl (C=O) groups excluding carboxylic acids is 2. The summed E-state index contributed by atoms with van der Waals surface area (Å²) in [5.41, 5.74) is 6.18. The van der Waals surface area contributed by atoms with E-state index in [9.17, 15) is 19.2 Å². The van der Waals surface area contributed by atoms with E-state index in [0.717, 1.165) is 4.57 Å². The van der Waals surface area contributed by atoms with Gasteiger partial charge in [-0.25, -0.2) is 9.36 Å². The molecule has 0 aliphatic heterocycles. The number of fused-ring (bicyclic) bond motifs is 1. The SMILES string of the molecule is Cn1c(=O)n(-c2ccc(C[C@H](NC(=O)c3c(Cl)cccc3Cl)C(N)=O)cc2)c(=O)c2ccccc21. The molecule has 0 unspecified atom stereocenters. The summed E-state index contributed by atoms with van der Waals surface area (Å²) < 4.78 is 2.49. The summed E-state index contributed by atoms with van der Waals surface area (Å²) in [5.74, 6) is -1.38. The van der Waals surface area contributed by atoms with Crippen LogP contribution >= 0.6 is 23.2 Å². The number of halogens is 2. The van der Waals surface area contributed by atoms with E-state index in [0.29, 0.717) is 22.2 Å². The summed E-state index contributed by atoms with van der Waals surface area (Å²) in [4.78, 5) is 50.6. The maximum absolute atomic E-state index is 13.0. The molecule has 0 saturated carbocycles. The predicted octanol–water partition coefficient (Wildman–Crippen LogP) is 2.82. The van der Waals surface area contributed by atoms with Crippen LogP contribution in [0.5, 0.6) is 0 Å². The van der Waals surface area contributed by atoms with Crippen molar-refractivity contribution in [2.24, 2.45) is 12.8 Å². The summed E-state index contributed by atoms with van der Waals surface area (Å²) in [6.45, 7) is 0. The number of amides is 2. The zero-order chi connectivity index (χ0) is 25.3. The van der Waals surface area contributed by atoms with E-state index in [1.807, 2.05) is 0 Å². The van der Waals surface area contributed by atoms with Crippen LogP contribution in [0.2, 0.25) is 10.0 Å². The number of nitrogens with two attached hydrogens (primary N) is 1. The highest BCUT2D eigenvalue weighted by molar-refractivity contribution is 6.39. The van der Waals surface area contributed by atoms with Gasteiger partial charge in [-0.05, 0) is 42.0 Å². The van der Waals surface area contributed by atoms with E-state index in [1.165, 1.54) is 16.7 Å². The highest BCUT2D eigenvalue weighted by atomic mass is 35.5. The Labute approximate surface area is 209 Å². The molecular weight excluding hydrogens is 491 g/mol. The molecule has 0 saturated heterocycles. The minimum Gasteiger partial charge on any atom is -0.368 e. The number of nitrogens with zero attached hydrogens (tertiary/aromatic N) is 2. The summed E-state index contributed by atoms with van der Waals surface area (Å²) >= 11 is 12.2. The second-order valence-corrected chi connectivity index (χ2v) is 8.71. The number of nitrogens with one attached hydrogen (secondary N) is 1. The summed E-state index contributed by atoms with van der Waals surface area (Å²) in [7, 11) is 1.60. The average molecular weight is 511 g/mol. The largest absolute Gasteiger partial charge is 0.368 e. The van der Waals surface area contributed by atoms with E-state index in [2.05, 4.69) is 5.32 Å². The van der Waals surface area contributed by atoms with Gasteiger partial charge in [0.15, 0.2) is 0 Å². The molecule has 0 spiro atoms. The van der Waals surface area contributed by atoms with Crippen LogP contribution in [0.4, 0.5) is 0 Å². The van der Waals surface area contributed by atoms with Crippen molar-refractivity contribution in [3.05, 3.63) is 109 Å². The molecule has 1 heterocycles. The van der Waals surface area contributed by atoms with Gasteiger partial charge in [-0.3, -0.25) is 19.0 Å². The molecule has 1 aromatic heterocycles. The van der Waals surface area contributed by atoms with Gasteiger partial charge in [-0.2, -0.15) is 0 Å². The summed E-state index contributed by atoms with van der Waals surface area (Å²) in [6.07, 6.45) is 0.0774. The zero-order valence-electron chi connectivity index (χ0n) is 18.5. The van der Waals surface area contributed by atoms with Crippen LogP contribution in [-0.4, -0.2) is 27.0 Å². The Hall–Kier alpha value is -3.88. The average Bonchev–Trinajstić information content (AvgIpc) is 2.83. The maximum Gasteiger partial charge on any atom is 0.335 e. The van der Waals surface area contributed by atoms with Crippen LogP contribution in [0.25, 0.3) is 16.6 Å². The van der Waals surface area contributed by atoms with Gasteiger partial charge in [-0.15, -0.1) is 0 Å². The van der Waals surface area contributed by atoms with Gasteiger partial charge in [0.2, 0.25) is 5.91 Å². The van der Waals surface area contributed by atoms with Gasteiger partial charge >= 0.3 is 5.69 Å². The van der Waals surface area contributed by atoms with Crippen molar-refractivity contribution < 1.29 is 9.59 Å². The van der Waals surface area contributed by atoms with E-state index >= 15 is 0 Å². The van der Waals surface area contributed by atoms with Gasteiger partial charge in [-0.1, -0.05) is 53.5 Å². The van der Waals surface area contributed by atoms with E-state index in [4.69, 9.17) is 28.9 Å². The molecule has 4 rings (SSSR count). The van der Waals surface area contributed by atoms with Crippen molar-refractivity contribution in [2.75, 3.05) is 0 Å². The lowest BCUT2D eigenvalue weighted by Crippen LogP contribution is -2.46. The Morgan fingerprint density at radius 1 is 0.943 bits per heavy atom. The number of hydrogen-bond donors (Lipinski definition) is 2. The van der Waals surface area contributed by atoms with Gasteiger partial charge in [0.1, 0.15) is 6.04 Å². The molecule has 0 aliphatic rings. The van der Waals surface area contributed by atoms with Crippen molar-refractivity contribution in [2.45, 2.75) is 12.5 Å². The lowest BCUT2D eigenvalue weighted by atomic mass is 10.0. The Morgan fingerprint density at radius 3 is 2.20 bits per heavy atom. The summed E-state index contributed by atoms with van der Waals surface area (Å²) in [6, 6.07) is 16.9. The zero-order valence-corrected chi connectivity index (χ0v) is 20.0. The number of hydrogen-bond acceptors (Lipinski definition) is 4. The first-order chi connectivity index (χ1) is 16.7. The third-order valence-electron chi connectivity index (χ3n) is 5.65. The smallest absolute Gasteiger partial charge is 0.335 e. The monoisotopic (exact) mass is 510 g/mol. The molecule has 4 aromatic rings. The fourth-order valence-corrected chi connectivity index (χ4v) is 4.39. The van der Waals surface area contributed by atoms with Crippen molar-refractivity contribution >= 4 is 45.9 Å². The Morgan fingerprint density at radius 2 is 1.57 bits per heavy atom. The van der Waals surface area contributed by atoms with Crippen molar-refractivity contribution in [1.29, 1.82) is 0 Å². The number of aromatic nitrogens is 2. The standard InChI is InChI=1S/C25H20Cl2N4O4/c1-30-20-8-3-2-5-16(20)24(34)31(25(30)35)15-11-9-14(10-12-15)13-19(22(28)32)29-23(33)21-17(26)6-4-7-18(21)27/h2-12,19H,13H2,1H3,(H2,28,32)(H,29,33)/t19-/m0/s1. The molecular formula is C25H20Cl2N4O4. The summed E-state index contributed by atoms with van der Waals surface area (Å²) in [5, 5.41) is 3.26.